The zero-order chi connectivity index (χ0) is 20.6. The number of carbonyl (C=O) groups is 1. The number of anilines is 1. The van der Waals surface area contributed by atoms with Crippen LogP contribution in [0.25, 0.3) is 11.0 Å². The molecule has 0 saturated carbocycles. The Balaban J connectivity index is 1.48. The average molecular weight is 414 g/mol. The van der Waals surface area contributed by atoms with Gasteiger partial charge in [-0.3, -0.25) is 0 Å². The molecule has 1 heterocycles. The number of aldehydes is 1. The van der Waals surface area contributed by atoms with Gasteiger partial charge in [-0.25, -0.2) is 4.98 Å². The zero-order valence-electron chi connectivity index (χ0n) is 17.0. The molecule has 1 aromatic heterocycles. The Morgan fingerprint density at radius 2 is 2.07 bits per heavy atom. The molecule has 0 amide bonds. The van der Waals surface area contributed by atoms with E-state index in [9.17, 15) is 4.79 Å². The normalized spacial score (nSPS) is 12.1. The summed E-state index contributed by atoms with van der Waals surface area (Å²) >= 11 is 6.20. The molecule has 2 aromatic carbocycles. The van der Waals surface area contributed by atoms with Gasteiger partial charge in [-0.05, 0) is 55.5 Å². The van der Waals surface area contributed by atoms with Crippen LogP contribution in [0.4, 0.5) is 5.95 Å². The number of carbonyl (C=O) groups excluding carboxylic acids is 1. The highest BCUT2D eigenvalue weighted by atomic mass is 35.5. The molecule has 0 spiro atoms. The summed E-state index contributed by atoms with van der Waals surface area (Å²) in [5.41, 5.74) is 2.98. The Bertz CT molecular complexity index is 908. The molecule has 1 unspecified atom stereocenters. The summed E-state index contributed by atoms with van der Waals surface area (Å²) in [6, 6.07) is 13.6. The summed E-state index contributed by atoms with van der Waals surface area (Å²) in [6.45, 7) is 6.83. The molecule has 0 radical (unpaired) electrons. The van der Waals surface area contributed by atoms with Crippen molar-refractivity contribution in [3.63, 3.8) is 0 Å². The number of nitrogens with zero attached hydrogens (tertiary/aromatic N) is 2. The summed E-state index contributed by atoms with van der Waals surface area (Å²) in [5, 5.41) is 0.578. The van der Waals surface area contributed by atoms with Crippen LogP contribution in [0.5, 0.6) is 5.75 Å². The van der Waals surface area contributed by atoms with Gasteiger partial charge in [0, 0.05) is 19.5 Å². The molecule has 0 bridgehead atoms. The molecule has 3 aromatic rings. The minimum absolute atomic E-state index is 0.374. The second-order valence-corrected chi connectivity index (χ2v) is 7.73. The van der Waals surface area contributed by atoms with Crippen molar-refractivity contribution >= 4 is 34.9 Å². The van der Waals surface area contributed by atoms with Gasteiger partial charge < -0.3 is 19.4 Å². The molecule has 0 aliphatic heterocycles. The number of hydrogen-bond donors (Lipinski definition) is 1. The molecule has 5 nitrogen and oxygen atoms in total. The van der Waals surface area contributed by atoms with Crippen molar-refractivity contribution in [2.45, 2.75) is 33.1 Å². The molecule has 154 valence electrons. The smallest absolute Gasteiger partial charge is 0.203 e. The number of aromatic amines is 1. The number of imidazole rings is 1. The second kappa shape index (κ2) is 10.3. The van der Waals surface area contributed by atoms with Gasteiger partial charge in [0.1, 0.15) is 12.0 Å². The number of rotatable bonds is 11. The first-order chi connectivity index (χ1) is 14.1. The molecule has 6 heteroatoms. The van der Waals surface area contributed by atoms with Crippen molar-refractivity contribution in [1.82, 2.24) is 9.97 Å². The Morgan fingerprint density at radius 1 is 1.24 bits per heavy atom. The predicted octanol–water partition coefficient (Wildman–Crippen LogP) is 5.28. The van der Waals surface area contributed by atoms with Crippen molar-refractivity contribution < 1.29 is 9.53 Å². The van der Waals surface area contributed by atoms with Crippen LogP contribution in [0.15, 0.2) is 42.5 Å². The lowest BCUT2D eigenvalue weighted by atomic mass is 10.0. The van der Waals surface area contributed by atoms with E-state index in [-0.39, 0.29) is 0 Å². The largest absolute Gasteiger partial charge is 0.492 e. The number of benzene rings is 2. The molecule has 1 N–H and O–H groups in total. The highest BCUT2D eigenvalue weighted by Crippen LogP contribution is 2.26. The van der Waals surface area contributed by atoms with Gasteiger partial charge in [0.05, 0.1) is 22.7 Å². The lowest BCUT2D eigenvalue weighted by Crippen LogP contribution is -2.26. The first-order valence-electron chi connectivity index (χ1n) is 10.1. The van der Waals surface area contributed by atoms with E-state index >= 15 is 0 Å². The number of fused-ring (bicyclic) bond motifs is 1. The fraction of sp³-hybridized carbons (Fsp3) is 0.391. The molecule has 0 aliphatic rings. The molecule has 0 saturated heterocycles. The fourth-order valence-electron chi connectivity index (χ4n) is 3.28. The third-order valence-corrected chi connectivity index (χ3v) is 5.45. The molecule has 0 aliphatic carbocycles. The highest BCUT2D eigenvalue weighted by Gasteiger charge is 2.12. The third kappa shape index (κ3) is 5.73. The van der Waals surface area contributed by atoms with E-state index in [2.05, 4.69) is 29.8 Å². The fourth-order valence-corrected chi connectivity index (χ4v) is 3.45. The van der Waals surface area contributed by atoms with Crippen LogP contribution in [-0.2, 0) is 11.2 Å². The number of ether oxygens (including phenoxy) is 1. The lowest BCUT2D eigenvalue weighted by molar-refractivity contribution is -0.107. The standard InChI is InChI=1S/C23H28ClN3O2/c1-3-27(23-25-20-6-4-5-7-21(20)26-23)13-10-17(2)12-15-29-22-16-18(11-14-28)8-9-19(22)24/h4-9,14,16-17H,3,10-13,15H2,1-2H3,(H,25,26). The van der Waals surface area contributed by atoms with Crippen LogP contribution in [0.3, 0.4) is 0 Å². The molecule has 3 rings (SSSR count). The maximum absolute atomic E-state index is 10.7. The van der Waals surface area contributed by atoms with Gasteiger partial charge in [-0.2, -0.15) is 0 Å². The van der Waals surface area contributed by atoms with E-state index in [1.807, 2.05) is 30.3 Å². The predicted molar refractivity (Wildman–Crippen MR) is 119 cm³/mol. The Morgan fingerprint density at radius 3 is 2.83 bits per heavy atom. The monoisotopic (exact) mass is 413 g/mol. The minimum Gasteiger partial charge on any atom is -0.492 e. The van der Waals surface area contributed by atoms with Gasteiger partial charge in [-0.15, -0.1) is 0 Å². The van der Waals surface area contributed by atoms with Crippen LogP contribution < -0.4 is 9.64 Å². The van der Waals surface area contributed by atoms with Gasteiger partial charge in [0.25, 0.3) is 0 Å². The SMILES string of the molecule is CCN(CCC(C)CCOc1cc(CC=O)ccc1Cl)c1nc2ccccc2[nH]1. The van der Waals surface area contributed by atoms with Crippen molar-refractivity contribution in [1.29, 1.82) is 0 Å². The van der Waals surface area contributed by atoms with Crippen molar-refractivity contribution in [2.24, 2.45) is 5.92 Å². The zero-order valence-corrected chi connectivity index (χ0v) is 17.8. The number of halogens is 1. The van der Waals surface area contributed by atoms with Crippen molar-refractivity contribution in [3.05, 3.63) is 53.1 Å². The Hall–Kier alpha value is -2.53. The summed E-state index contributed by atoms with van der Waals surface area (Å²) < 4.78 is 5.87. The second-order valence-electron chi connectivity index (χ2n) is 7.32. The number of para-hydroxylation sites is 2. The first kappa shape index (κ1) is 21.2. The highest BCUT2D eigenvalue weighted by molar-refractivity contribution is 6.32. The average Bonchev–Trinajstić information content (AvgIpc) is 3.15. The number of aromatic nitrogens is 2. The molecule has 1 atom stereocenters. The van der Waals surface area contributed by atoms with Gasteiger partial charge in [-0.1, -0.05) is 36.7 Å². The van der Waals surface area contributed by atoms with E-state index in [0.717, 1.165) is 54.8 Å². The summed E-state index contributed by atoms with van der Waals surface area (Å²) in [4.78, 5) is 21.1. The molecule has 29 heavy (non-hydrogen) atoms. The Kier molecular flexibility index (Phi) is 7.53. The quantitative estimate of drug-likeness (QED) is 0.434. The first-order valence-corrected chi connectivity index (χ1v) is 10.5. The summed E-state index contributed by atoms with van der Waals surface area (Å²) in [7, 11) is 0. The summed E-state index contributed by atoms with van der Waals surface area (Å²) in [6.07, 6.45) is 3.24. The number of H-pyrrole nitrogens is 1. The maximum Gasteiger partial charge on any atom is 0.203 e. The van der Waals surface area contributed by atoms with Crippen LogP contribution >= 0.6 is 11.6 Å². The summed E-state index contributed by atoms with van der Waals surface area (Å²) in [5.74, 6) is 2.08. The van der Waals surface area contributed by atoms with Crippen LogP contribution in [0.1, 0.15) is 32.3 Å². The number of hydrogen-bond acceptors (Lipinski definition) is 4. The van der Waals surface area contributed by atoms with Crippen LogP contribution in [0, 0.1) is 5.92 Å². The van der Waals surface area contributed by atoms with E-state index in [1.54, 1.807) is 6.07 Å². The van der Waals surface area contributed by atoms with E-state index < -0.39 is 0 Å². The van der Waals surface area contributed by atoms with Crippen LogP contribution in [0.2, 0.25) is 5.02 Å². The van der Waals surface area contributed by atoms with Gasteiger partial charge in [0.15, 0.2) is 0 Å². The molecular weight excluding hydrogens is 386 g/mol. The van der Waals surface area contributed by atoms with Crippen molar-refractivity contribution in [3.8, 4) is 5.75 Å². The van der Waals surface area contributed by atoms with E-state index in [0.29, 0.717) is 29.7 Å². The lowest BCUT2D eigenvalue weighted by Gasteiger charge is -2.22. The third-order valence-electron chi connectivity index (χ3n) is 5.13. The van der Waals surface area contributed by atoms with E-state index in [1.165, 1.54) is 0 Å². The maximum atomic E-state index is 10.7. The Labute approximate surface area is 177 Å². The number of nitrogens with one attached hydrogen (secondary N) is 1. The van der Waals surface area contributed by atoms with Gasteiger partial charge >= 0.3 is 0 Å². The minimum atomic E-state index is 0.374. The molecular formula is C23H28ClN3O2. The van der Waals surface area contributed by atoms with Crippen molar-refractivity contribution in [2.75, 3.05) is 24.6 Å². The topological polar surface area (TPSA) is 58.2 Å². The van der Waals surface area contributed by atoms with Crippen LogP contribution in [-0.4, -0.2) is 36.0 Å². The van der Waals surface area contributed by atoms with E-state index in [4.69, 9.17) is 21.3 Å². The van der Waals surface area contributed by atoms with Gasteiger partial charge in [0.2, 0.25) is 5.95 Å². The molecule has 0 fully saturated rings.